The lowest BCUT2D eigenvalue weighted by Gasteiger charge is -2.09. The Labute approximate surface area is 165 Å². The van der Waals surface area contributed by atoms with Crippen molar-refractivity contribution in [3.8, 4) is 23.0 Å². The molecule has 1 aromatic carbocycles. The maximum atomic E-state index is 10.6. The zero-order valence-corrected chi connectivity index (χ0v) is 15.6. The molecule has 0 saturated heterocycles. The van der Waals surface area contributed by atoms with E-state index in [4.69, 9.17) is 4.74 Å². The van der Waals surface area contributed by atoms with Crippen LogP contribution in [0.4, 0.5) is 0 Å². The number of aromatic nitrogens is 6. The average molecular weight is 386 g/mol. The number of hydrogen-bond acceptors (Lipinski definition) is 5. The predicted molar refractivity (Wildman–Crippen MR) is 107 cm³/mol. The van der Waals surface area contributed by atoms with Crippen molar-refractivity contribution in [3.05, 3.63) is 78.5 Å². The summed E-state index contributed by atoms with van der Waals surface area (Å²) in [6.07, 6.45) is 4.29. The molecule has 0 saturated carbocycles. The standard InChI is InChI=1S/C21H18N6O2/c1-27-18(8-10-24-27)20(28)17-12-23-21(26-17)13-3-2-4-14(11-13)29-19-6-5-15-16(25-19)7-9-22-15/h2-12,20,22,28H,1H3,(H,23,26). The van der Waals surface area contributed by atoms with Crippen LogP contribution in [0.3, 0.4) is 0 Å². The minimum Gasteiger partial charge on any atom is -0.439 e. The summed E-state index contributed by atoms with van der Waals surface area (Å²) < 4.78 is 7.55. The van der Waals surface area contributed by atoms with E-state index in [0.717, 1.165) is 16.6 Å². The number of fused-ring (bicyclic) bond motifs is 1. The summed E-state index contributed by atoms with van der Waals surface area (Å²) in [6.45, 7) is 0. The van der Waals surface area contributed by atoms with Crippen LogP contribution in [0, 0.1) is 0 Å². The minimum atomic E-state index is -0.833. The Hall–Kier alpha value is -3.91. The SMILES string of the molecule is Cn1nccc1C(O)c1cnc(-c2cccc(Oc3ccc4[nH]ccc4n3)c2)[nH]1. The van der Waals surface area contributed by atoms with Crippen LogP contribution in [-0.4, -0.2) is 34.8 Å². The van der Waals surface area contributed by atoms with Gasteiger partial charge in [0.15, 0.2) is 0 Å². The molecule has 0 bridgehead atoms. The second kappa shape index (κ2) is 6.92. The number of aromatic amines is 2. The highest BCUT2D eigenvalue weighted by molar-refractivity contribution is 5.75. The Morgan fingerprint density at radius 3 is 2.93 bits per heavy atom. The summed E-state index contributed by atoms with van der Waals surface area (Å²) in [5, 5.41) is 14.7. The molecular weight excluding hydrogens is 368 g/mol. The molecule has 0 amide bonds. The van der Waals surface area contributed by atoms with Crippen LogP contribution < -0.4 is 4.74 Å². The number of aryl methyl sites for hydroxylation is 1. The second-order valence-corrected chi connectivity index (χ2v) is 6.66. The van der Waals surface area contributed by atoms with E-state index in [9.17, 15) is 5.11 Å². The van der Waals surface area contributed by atoms with Crippen LogP contribution in [0.2, 0.25) is 0 Å². The van der Waals surface area contributed by atoms with E-state index in [1.807, 2.05) is 48.7 Å². The van der Waals surface area contributed by atoms with Crippen LogP contribution in [0.5, 0.6) is 11.6 Å². The molecule has 0 spiro atoms. The number of nitrogens with zero attached hydrogens (tertiary/aromatic N) is 4. The highest BCUT2D eigenvalue weighted by Crippen LogP contribution is 2.28. The molecule has 144 valence electrons. The van der Waals surface area contributed by atoms with Gasteiger partial charge in [0, 0.05) is 31.1 Å². The number of H-pyrrole nitrogens is 2. The molecule has 29 heavy (non-hydrogen) atoms. The molecule has 5 rings (SSSR count). The molecule has 4 heterocycles. The van der Waals surface area contributed by atoms with E-state index in [-0.39, 0.29) is 0 Å². The molecule has 0 fully saturated rings. The number of benzene rings is 1. The molecule has 3 N–H and O–H groups in total. The molecule has 1 unspecified atom stereocenters. The number of rotatable bonds is 5. The third-order valence-electron chi connectivity index (χ3n) is 4.74. The second-order valence-electron chi connectivity index (χ2n) is 6.66. The van der Waals surface area contributed by atoms with Crippen molar-refractivity contribution in [3.63, 3.8) is 0 Å². The highest BCUT2D eigenvalue weighted by Gasteiger charge is 2.17. The van der Waals surface area contributed by atoms with Crippen molar-refractivity contribution < 1.29 is 9.84 Å². The first-order valence-corrected chi connectivity index (χ1v) is 9.11. The van der Waals surface area contributed by atoms with Gasteiger partial charge in [0.1, 0.15) is 17.7 Å². The highest BCUT2D eigenvalue weighted by atomic mass is 16.5. The van der Waals surface area contributed by atoms with Gasteiger partial charge in [-0.25, -0.2) is 9.97 Å². The molecule has 8 heteroatoms. The van der Waals surface area contributed by atoms with Crippen molar-refractivity contribution in [1.29, 1.82) is 0 Å². The molecule has 0 radical (unpaired) electrons. The van der Waals surface area contributed by atoms with Crippen molar-refractivity contribution in [2.75, 3.05) is 0 Å². The summed E-state index contributed by atoms with van der Waals surface area (Å²) in [4.78, 5) is 15.2. The number of nitrogens with one attached hydrogen (secondary N) is 2. The Morgan fingerprint density at radius 1 is 1.14 bits per heavy atom. The van der Waals surface area contributed by atoms with Gasteiger partial charge in [-0.05, 0) is 30.3 Å². The zero-order valence-electron chi connectivity index (χ0n) is 15.6. The molecule has 8 nitrogen and oxygen atoms in total. The Bertz CT molecular complexity index is 1290. The maximum Gasteiger partial charge on any atom is 0.219 e. The lowest BCUT2D eigenvalue weighted by Crippen LogP contribution is -2.06. The Kier molecular flexibility index (Phi) is 4.10. The number of imidazole rings is 1. The lowest BCUT2D eigenvalue weighted by atomic mass is 10.2. The number of pyridine rings is 1. The van der Waals surface area contributed by atoms with Crippen molar-refractivity contribution in [1.82, 2.24) is 29.7 Å². The van der Waals surface area contributed by atoms with Crippen LogP contribution >= 0.6 is 0 Å². The van der Waals surface area contributed by atoms with E-state index in [1.165, 1.54) is 0 Å². The van der Waals surface area contributed by atoms with E-state index in [2.05, 4.69) is 25.0 Å². The van der Waals surface area contributed by atoms with Gasteiger partial charge in [0.2, 0.25) is 5.88 Å². The number of hydrogen-bond donors (Lipinski definition) is 3. The number of aliphatic hydroxyl groups excluding tert-OH is 1. The monoisotopic (exact) mass is 386 g/mol. The Morgan fingerprint density at radius 2 is 2.07 bits per heavy atom. The smallest absolute Gasteiger partial charge is 0.219 e. The summed E-state index contributed by atoms with van der Waals surface area (Å²) in [5.41, 5.74) is 3.92. The van der Waals surface area contributed by atoms with Gasteiger partial charge >= 0.3 is 0 Å². The van der Waals surface area contributed by atoms with Gasteiger partial charge < -0.3 is 19.8 Å². The third-order valence-corrected chi connectivity index (χ3v) is 4.74. The fraction of sp³-hybridized carbons (Fsp3) is 0.0952. The van der Waals surface area contributed by atoms with Crippen molar-refractivity contribution in [2.24, 2.45) is 7.05 Å². The van der Waals surface area contributed by atoms with Crippen LogP contribution in [0.1, 0.15) is 17.5 Å². The summed E-state index contributed by atoms with van der Waals surface area (Å²) >= 11 is 0. The van der Waals surface area contributed by atoms with Crippen molar-refractivity contribution in [2.45, 2.75) is 6.10 Å². The Balaban J connectivity index is 1.39. The van der Waals surface area contributed by atoms with Gasteiger partial charge in [-0.3, -0.25) is 4.68 Å². The van der Waals surface area contributed by atoms with Gasteiger partial charge in [0.25, 0.3) is 0 Å². The quantitative estimate of drug-likeness (QED) is 0.428. The third kappa shape index (κ3) is 3.26. The van der Waals surface area contributed by atoms with E-state index in [0.29, 0.717) is 28.8 Å². The largest absolute Gasteiger partial charge is 0.439 e. The van der Waals surface area contributed by atoms with Crippen LogP contribution in [0.15, 0.2) is 67.1 Å². The van der Waals surface area contributed by atoms with Gasteiger partial charge in [0.05, 0.1) is 28.6 Å². The van der Waals surface area contributed by atoms with Crippen LogP contribution in [0.25, 0.3) is 22.4 Å². The normalized spacial score (nSPS) is 12.3. The zero-order chi connectivity index (χ0) is 19.8. The van der Waals surface area contributed by atoms with Gasteiger partial charge in [-0.2, -0.15) is 5.10 Å². The average Bonchev–Trinajstić information content (AvgIpc) is 3.48. The molecule has 0 aliphatic carbocycles. The summed E-state index contributed by atoms with van der Waals surface area (Å²) in [6, 6.07) is 15.0. The first-order chi connectivity index (χ1) is 14.2. The molecule has 5 aromatic rings. The molecular formula is C21H18N6O2. The number of aliphatic hydroxyl groups is 1. The number of ether oxygens (including phenoxy) is 1. The summed E-state index contributed by atoms with van der Waals surface area (Å²) in [5.74, 6) is 1.80. The molecule has 1 atom stereocenters. The van der Waals surface area contributed by atoms with E-state index < -0.39 is 6.10 Å². The van der Waals surface area contributed by atoms with E-state index >= 15 is 0 Å². The molecule has 4 aromatic heterocycles. The lowest BCUT2D eigenvalue weighted by molar-refractivity contribution is 0.205. The van der Waals surface area contributed by atoms with Gasteiger partial charge in [-0.1, -0.05) is 12.1 Å². The van der Waals surface area contributed by atoms with Crippen LogP contribution in [-0.2, 0) is 7.05 Å². The fourth-order valence-electron chi connectivity index (χ4n) is 3.23. The minimum absolute atomic E-state index is 0.515. The van der Waals surface area contributed by atoms with Gasteiger partial charge in [-0.15, -0.1) is 0 Å². The van der Waals surface area contributed by atoms with Crippen molar-refractivity contribution >= 4 is 11.0 Å². The predicted octanol–water partition coefficient (Wildman–Crippen LogP) is 3.56. The first kappa shape index (κ1) is 17.2. The topological polar surface area (TPSA) is 105 Å². The maximum absolute atomic E-state index is 10.6. The fourth-order valence-corrected chi connectivity index (χ4v) is 3.23. The van der Waals surface area contributed by atoms with E-state index in [1.54, 1.807) is 30.2 Å². The molecule has 0 aliphatic rings. The molecule has 0 aliphatic heterocycles. The first-order valence-electron chi connectivity index (χ1n) is 9.11. The summed E-state index contributed by atoms with van der Waals surface area (Å²) in [7, 11) is 1.79.